The van der Waals surface area contributed by atoms with Crippen molar-refractivity contribution in [2.75, 3.05) is 14.2 Å². The van der Waals surface area contributed by atoms with E-state index in [1.165, 1.54) is 26.4 Å². The number of carbonyl (C=O) groups is 2. The molecule has 37 heavy (non-hydrogen) atoms. The van der Waals surface area contributed by atoms with E-state index in [-0.39, 0.29) is 29.7 Å². The number of ketones is 2. The summed E-state index contributed by atoms with van der Waals surface area (Å²) in [6.07, 6.45) is 0.448. The molecular weight excluding hydrogens is 487 g/mol. The number of halogens is 3. The van der Waals surface area contributed by atoms with E-state index in [0.29, 0.717) is 34.2 Å². The number of nitrogens with zero attached hydrogens (tertiary/aromatic N) is 1. The third-order valence-electron chi connectivity index (χ3n) is 5.56. The first kappa shape index (κ1) is 25.7. The number of pyridine rings is 1. The van der Waals surface area contributed by atoms with Gasteiger partial charge in [-0.25, -0.2) is 13.2 Å². The largest absolute Gasteiger partial charge is 0.493 e. The van der Waals surface area contributed by atoms with Gasteiger partial charge < -0.3 is 14.2 Å². The van der Waals surface area contributed by atoms with Crippen molar-refractivity contribution < 1.29 is 37.0 Å². The summed E-state index contributed by atoms with van der Waals surface area (Å²) < 4.78 is 57.9. The van der Waals surface area contributed by atoms with E-state index in [4.69, 9.17) is 14.2 Å². The van der Waals surface area contributed by atoms with Gasteiger partial charge in [0, 0.05) is 42.6 Å². The van der Waals surface area contributed by atoms with Crippen LogP contribution in [0.2, 0.25) is 0 Å². The number of ether oxygens (including phenoxy) is 3. The Bertz CT molecular complexity index is 1470. The molecule has 0 saturated heterocycles. The van der Waals surface area contributed by atoms with Gasteiger partial charge in [-0.15, -0.1) is 0 Å². The number of hydrogen-bond donors (Lipinski definition) is 0. The molecule has 0 saturated carbocycles. The third-order valence-corrected chi connectivity index (χ3v) is 5.56. The first-order valence-corrected chi connectivity index (χ1v) is 11.2. The maximum atomic E-state index is 14.8. The minimum atomic E-state index is -0.808. The summed E-state index contributed by atoms with van der Waals surface area (Å²) >= 11 is 0. The Hall–Kier alpha value is -4.40. The molecule has 0 fully saturated rings. The molecule has 9 heteroatoms. The van der Waals surface area contributed by atoms with Gasteiger partial charge in [0.1, 0.15) is 40.5 Å². The Morgan fingerprint density at radius 1 is 0.784 bits per heavy atom. The third kappa shape index (κ3) is 6.24. The second-order valence-electron chi connectivity index (χ2n) is 8.27. The molecule has 6 nitrogen and oxygen atoms in total. The lowest BCUT2D eigenvalue weighted by molar-refractivity contribution is -0.126. The number of methoxy groups -OCH3 is 2. The van der Waals surface area contributed by atoms with Gasteiger partial charge in [-0.1, -0.05) is 6.07 Å². The number of Topliss-reactive ketones (excluding diaryl/α,β-unsaturated/α-hetero) is 2. The van der Waals surface area contributed by atoms with E-state index in [0.717, 1.165) is 18.2 Å². The summed E-state index contributed by atoms with van der Waals surface area (Å²) in [6, 6.07) is 11.8. The van der Waals surface area contributed by atoms with E-state index in [9.17, 15) is 22.8 Å². The van der Waals surface area contributed by atoms with E-state index in [2.05, 4.69) is 4.98 Å². The summed E-state index contributed by atoms with van der Waals surface area (Å²) in [5.41, 5.74) is 0.805. The van der Waals surface area contributed by atoms with Crippen LogP contribution in [0.15, 0.2) is 60.8 Å². The second kappa shape index (κ2) is 11.1. The monoisotopic (exact) mass is 509 g/mol. The molecule has 0 bridgehead atoms. The number of carbonyl (C=O) groups excluding carboxylic acids is 2. The molecular formula is C28H22F3NO5. The summed E-state index contributed by atoms with van der Waals surface area (Å²) in [7, 11) is 3.02. The minimum absolute atomic E-state index is 0.0907. The highest BCUT2D eigenvalue weighted by Gasteiger charge is 2.16. The van der Waals surface area contributed by atoms with Crippen LogP contribution in [0.1, 0.15) is 17.5 Å². The van der Waals surface area contributed by atoms with Crippen molar-refractivity contribution in [1.29, 1.82) is 0 Å². The van der Waals surface area contributed by atoms with Gasteiger partial charge in [0.2, 0.25) is 0 Å². The Balaban J connectivity index is 1.44. The molecule has 4 rings (SSSR count). The maximum absolute atomic E-state index is 14.8. The zero-order valence-corrected chi connectivity index (χ0v) is 20.0. The molecule has 3 aromatic carbocycles. The first-order valence-electron chi connectivity index (χ1n) is 11.2. The van der Waals surface area contributed by atoms with Gasteiger partial charge in [-0.05, 0) is 41.5 Å². The molecule has 0 unspecified atom stereocenters. The highest BCUT2D eigenvalue weighted by molar-refractivity contribution is 6.00. The van der Waals surface area contributed by atoms with E-state index < -0.39 is 35.4 Å². The molecule has 190 valence electrons. The summed E-state index contributed by atoms with van der Waals surface area (Å²) in [6.45, 7) is 0. The van der Waals surface area contributed by atoms with Crippen LogP contribution in [0.5, 0.6) is 23.0 Å². The normalized spacial score (nSPS) is 10.8. The fourth-order valence-electron chi connectivity index (χ4n) is 3.90. The number of fused-ring (bicyclic) bond motifs is 1. The Kier molecular flexibility index (Phi) is 7.71. The van der Waals surface area contributed by atoms with Crippen LogP contribution >= 0.6 is 0 Å². The van der Waals surface area contributed by atoms with Gasteiger partial charge in [0.25, 0.3) is 0 Å². The van der Waals surface area contributed by atoms with Crippen molar-refractivity contribution in [2.24, 2.45) is 0 Å². The summed E-state index contributed by atoms with van der Waals surface area (Å²) in [4.78, 5) is 28.8. The summed E-state index contributed by atoms with van der Waals surface area (Å²) in [5, 5.41) is 0.622. The lowest BCUT2D eigenvalue weighted by Gasteiger charge is -2.13. The van der Waals surface area contributed by atoms with E-state index >= 15 is 0 Å². The number of aromatic nitrogens is 1. The Morgan fingerprint density at radius 2 is 1.46 bits per heavy atom. The lowest BCUT2D eigenvalue weighted by Crippen LogP contribution is -2.13. The molecule has 0 N–H and O–H groups in total. The zero-order valence-electron chi connectivity index (χ0n) is 20.0. The van der Waals surface area contributed by atoms with Crippen LogP contribution in [-0.2, 0) is 22.4 Å². The molecule has 4 aromatic rings. The quantitative estimate of drug-likeness (QED) is 0.253. The van der Waals surface area contributed by atoms with Crippen molar-refractivity contribution in [3.05, 3.63) is 89.4 Å². The molecule has 0 aliphatic carbocycles. The number of benzene rings is 3. The highest BCUT2D eigenvalue weighted by atomic mass is 19.1. The minimum Gasteiger partial charge on any atom is -0.493 e. The number of hydrogen-bond acceptors (Lipinski definition) is 6. The fourth-order valence-corrected chi connectivity index (χ4v) is 3.90. The van der Waals surface area contributed by atoms with Gasteiger partial charge in [-0.2, -0.15) is 0 Å². The highest BCUT2D eigenvalue weighted by Crippen LogP contribution is 2.37. The first-order chi connectivity index (χ1) is 17.7. The van der Waals surface area contributed by atoms with Crippen LogP contribution in [0.4, 0.5) is 13.2 Å². The van der Waals surface area contributed by atoms with Crippen LogP contribution in [0, 0.1) is 17.5 Å². The fraction of sp³-hybridized carbons (Fsp3) is 0.179. The average molecular weight is 509 g/mol. The molecule has 1 aromatic heterocycles. The average Bonchev–Trinajstić information content (AvgIpc) is 2.84. The van der Waals surface area contributed by atoms with Crippen molar-refractivity contribution in [3.8, 4) is 23.0 Å². The van der Waals surface area contributed by atoms with Gasteiger partial charge in [0.15, 0.2) is 11.5 Å². The molecule has 0 aliphatic heterocycles. The van der Waals surface area contributed by atoms with Gasteiger partial charge >= 0.3 is 0 Å². The van der Waals surface area contributed by atoms with Crippen LogP contribution < -0.4 is 14.2 Å². The van der Waals surface area contributed by atoms with E-state index in [1.807, 2.05) is 0 Å². The van der Waals surface area contributed by atoms with Crippen molar-refractivity contribution in [1.82, 2.24) is 4.98 Å². The standard InChI is InChI=1S/C28H22F3NO5/c1-35-27-14-23-25(15-28(27)36-2)32-6-5-26(23)37-22-4-3-17(24(31)13-22)10-21(34)12-20(33)9-16-7-18(29)11-19(30)8-16/h3-8,11,13-15H,9-10,12H2,1-2H3. The predicted molar refractivity (Wildman–Crippen MR) is 130 cm³/mol. The van der Waals surface area contributed by atoms with Crippen molar-refractivity contribution in [2.45, 2.75) is 19.3 Å². The molecule has 1 heterocycles. The maximum Gasteiger partial charge on any atom is 0.162 e. The van der Waals surface area contributed by atoms with Crippen LogP contribution in [0.3, 0.4) is 0 Å². The van der Waals surface area contributed by atoms with Gasteiger partial charge in [0.05, 0.1) is 26.2 Å². The SMILES string of the molecule is COc1cc2nccc(Oc3ccc(CC(=O)CC(=O)Cc4cc(F)cc(F)c4)c(F)c3)c2cc1OC. The topological polar surface area (TPSA) is 74.7 Å². The molecule has 0 radical (unpaired) electrons. The molecule has 0 spiro atoms. The number of rotatable bonds is 10. The molecule has 0 amide bonds. The lowest BCUT2D eigenvalue weighted by atomic mass is 10.0. The van der Waals surface area contributed by atoms with Crippen LogP contribution in [0.25, 0.3) is 10.9 Å². The molecule has 0 atom stereocenters. The zero-order chi connectivity index (χ0) is 26.5. The summed E-state index contributed by atoms with van der Waals surface area (Å²) in [5.74, 6) is -1.75. The van der Waals surface area contributed by atoms with E-state index in [1.54, 1.807) is 24.4 Å². The van der Waals surface area contributed by atoms with Crippen molar-refractivity contribution >= 4 is 22.5 Å². The smallest absolute Gasteiger partial charge is 0.162 e. The molecule has 0 aliphatic rings. The van der Waals surface area contributed by atoms with Gasteiger partial charge in [-0.3, -0.25) is 14.6 Å². The predicted octanol–water partition coefficient (Wildman–Crippen LogP) is 5.78. The van der Waals surface area contributed by atoms with Crippen LogP contribution in [-0.4, -0.2) is 30.8 Å². The Labute approximate surface area is 210 Å². The Morgan fingerprint density at radius 3 is 2.14 bits per heavy atom. The van der Waals surface area contributed by atoms with Crippen molar-refractivity contribution in [3.63, 3.8) is 0 Å². The second-order valence-corrected chi connectivity index (χ2v) is 8.27.